The Morgan fingerprint density at radius 2 is 2.26 bits per heavy atom. The Hall–Kier alpha value is -2.14. The van der Waals surface area contributed by atoms with Crippen LogP contribution in [-0.2, 0) is 6.54 Å². The normalized spacial score (nSPS) is 10.0. The van der Waals surface area contributed by atoms with Gasteiger partial charge in [-0.25, -0.2) is 4.98 Å². The number of hydrogen-bond donors (Lipinski definition) is 1. The lowest BCUT2D eigenvalue weighted by molar-refractivity contribution is 0.0951. The first-order chi connectivity index (χ1) is 9.20. The lowest BCUT2D eigenvalue weighted by Crippen LogP contribution is -2.23. The van der Waals surface area contributed by atoms with E-state index in [9.17, 15) is 4.79 Å². The zero-order valence-electron chi connectivity index (χ0n) is 10.3. The number of methoxy groups -OCH3 is 1. The van der Waals surface area contributed by atoms with Crippen molar-refractivity contribution in [3.8, 4) is 5.88 Å². The van der Waals surface area contributed by atoms with E-state index in [2.05, 4.69) is 15.3 Å². The number of carbonyl (C=O) groups excluding carboxylic acids is 1. The van der Waals surface area contributed by atoms with Crippen molar-refractivity contribution in [2.75, 3.05) is 7.11 Å². The number of nitrogens with one attached hydrogen (secondary N) is 1. The van der Waals surface area contributed by atoms with E-state index in [4.69, 9.17) is 16.3 Å². The fourth-order valence-electron chi connectivity index (χ4n) is 1.51. The van der Waals surface area contributed by atoms with Crippen LogP contribution in [-0.4, -0.2) is 23.0 Å². The Bertz CT molecular complexity index is 590. The highest BCUT2D eigenvalue weighted by Crippen LogP contribution is 2.13. The largest absolute Gasteiger partial charge is 0.481 e. The summed E-state index contributed by atoms with van der Waals surface area (Å²) in [5, 5.41) is 3.10. The SMILES string of the molecule is COc1cc(CNC(=O)c2ccncc2Cl)ccn1. The minimum Gasteiger partial charge on any atom is -0.481 e. The first kappa shape index (κ1) is 13.3. The molecular weight excluding hydrogens is 266 g/mol. The quantitative estimate of drug-likeness (QED) is 0.929. The van der Waals surface area contributed by atoms with Crippen LogP contribution in [0.15, 0.2) is 36.8 Å². The van der Waals surface area contributed by atoms with Crippen molar-refractivity contribution < 1.29 is 9.53 Å². The molecule has 0 radical (unpaired) electrons. The van der Waals surface area contributed by atoms with E-state index in [0.717, 1.165) is 5.56 Å². The Morgan fingerprint density at radius 1 is 1.42 bits per heavy atom. The zero-order valence-corrected chi connectivity index (χ0v) is 11.0. The van der Waals surface area contributed by atoms with Crippen LogP contribution >= 0.6 is 11.6 Å². The van der Waals surface area contributed by atoms with Gasteiger partial charge in [-0.1, -0.05) is 11.6 Å². The number of aromatic nitrogens is 2. The zero-order chi connectivity index (χ0) is 13.7. The molecule has 0 unspecified atom stereocenters. The molecule has 0 bridgehead atoms. The van der Waals surface area contributed by atoms with E-state index in [-0.39, 0.29) is 5.91 Å². The van der Waals surface area contributed by atoms with E-state index in [1.807, 2.05) is 0 Å². The molecule has 0 aliphatic rings. The van der Waals surface area contributed by atoms with Crippen LogP contribution in [0.2, 0.25) is 5.02 Å². The summed E-state index contributed by atoms with van der Waals surface area (Å²) >= 11 is 5.90. The first-order valence-corrected chi connectivity index (χ1v) is 5.95. The van der Waals surface area contributed by atoms with Gasteiger partial charge < -0.3 is 10.1 Å². The number of nitrogens with zero attached hydrogens (tertiary/aromatic N) is 2. The number of rotatable bonds is 4. The van der Waals surface area contributed by atoms with Crippen molar-refractivity contribution in [1.82, 2.24) is 15.3 Å². The minimum absolute atomic E-state index is 0.247. The highest BCUT2D eigenvalue weighted by atomic mass is 35.5. The van der Waals surface area contributed by atoms with Gasteiger partial charge in [-0.2, -0.15) is 0 Å². The highest BCUT2D eigenvalue weighted by molar-refractivity contribution is 6.33. The van der Waals surface area contributed by atoms with Crippen LogP contribution in [0.25, 0.3) is 0 Å². The summed E-state index contributed by atoms with van der Waals surface area (Å²) in [6.45, 7) is 0.371. The number of hydrogen-bond acceptors (Lipinski definition) is 4. The molecule has 0 atom stereocenters. The molecule has 98 valence electrons. The van der Waals surface area contributed by atoms with Gasteiger partial charge >= 0.3 is 0 Å². The summed E-state index contributed by atoms with van der Waals surface area (Å²) in [5.41, 5.74) is 1.29. The van der Waals surface area contributed by atoms with Crippen molar-refractivity contribution in [2.24, 2.45) is 0 Å². The summed E-state index contributed by atoms with van der Waals surface area (Å²) in [4.78, 5) is 19.7. The van der Waals surface area contributed by atoms with Gasteiger partial charge in [0.1, 0.15) is 0 Å². The van der Waals surface area contributed by atoms with Gasteiger partial charge in [0, 0.05) is 31.2 Å². The Kier molecular flexibility index (Phi) is 4.30. The van der Waals surface area contributed by atoms with Gasteiger partial charge in [-0.15, -0.1) is 0 Å². The third kappa shape index (κ3) is 3.42. The number of amides is 1. The average Bonchev–Trinajstić information content (AvgIpc) is 2.45. The van der Waals surface area contributed by atoms with Crippen molar-refractivity contribution in [3.63, 3.8) is 0 Å². The van der Waals surface area contributed by atoms with Crippen molar-refractivity contribution in [3.05, 3.63) is 52.9 Å². The second-order valence-corrected chi connectivity index (χ2v) is 4.15. The van der Waals surface area contributed by atoms with Crippen molar-refractivity contribution in [2.45, 2.75) is 6.54 Å². The number of ether oxygens (including phenoxy) is 1. The second-order valence-electron chi connectivity index (χ2n) is 3.74. The maximum absolute atomic E-state index is 11.9. The van der Waals surface area contributed by atoms with E-state index >= 15 is 0 Å². The average molecular weight is 278 g/mol. The number of carbonyl (C=O) groups is 1. The molecule has 1 amide bonds. The first-order valence-electron chi connectivity index (χ1n) is 5.57. The summed E-state index contributed by atoms with van der Waals surface area (Å²) in [6, 6.07) is 5.14. The fraction of sp³-hybridized carbons (Fsp3) is 0.154. The van der Waals surface area contributed by atoms with Crippen LogP contribution in [0, 0.1) is 0 Å². The molecule has 0 aliphatic carbocycles. The van der Waals surface area contributed by atoms with E-state index < -0.39 is 0 Å². The minimum atomic E-state index is -0.247. The summed E-state index contributed by atoms with van der Waals surface area (Å²) in [5.74, 6) is 0.261. The maximum Gasteiger partial charge on any atom is 0.253 e. The molecule has 19 heavy (non-hydrogen) atoms. The predicted molar refractivity (Wildman–Crippen MR) is 71.2 cm³/mol. The Labute approximate surface area is 115 Å². The van der Waals surface area contributed by atoms with Crippen molar-refractivity contribution >= 4 is 17.5 Å². The molecule has 2 aromatic heterocycles. The van der Waals surface area contributed by atoms with Gasteiger partial charge in [0.15, 0.2) is 0 Å². The monoisotopic (exact) mass is 277 g/mol. The van der Waals surface area contributed by atoms with Crippen LogP contribution < -0.4 is 10.1 Å². The second kappa shape index (κ2) is 6.15. The maximum atomic E-state index is 11.9. The Morgan fingerprint density at radius 3 is 3.00 bits per heavy atom. The van der Waals surface area contributed by atoms with Gasteiger partial charge in [-0.3, -0.25) is 9.78 Å². The van der Waals surface area contributed by atoms with Crippen LogP contribution in [0.4, 0.5) is 0 Å². The van der Waals surface area contributed by atoms with Crippen LogP contribution in [0.5, 0.6) is 5.88 Å². The van der Waals surface area contributed by atoms with E-state index in [1.54, 1.807) is 31.5 Å². The third-order valence-corrected chi connectivity index (χ3v) is 2.78. The van der Waals surface area contributed by atoms with Crippen LogP contribution in [0.1, 0.15) is 15.9 Å². The smallest absolute Gasteiger partial charge is 0.253 e. The number of halogens is 1. The lowest BCUT2D eigenvalue weighted by Gasteiger charge is -2.07. The molecule has 0 aliphatic heterocycles. The fourth-order valence-corrected chi connectivity index (χ4v) is 1.71. The van der Waals surface area contributed by atoms with E-state index in [1.165, 1.54) is 12.4 Å². The topological polar surface area (TPSA) is 64.1 Å². The third-order valence-electron chi connectivity index (χ3n) is 2.48. The lowest BCUT2D eigenvalue weighted by atomic mass is 10.2. The molecule has 0 spiro atoms. The van der Waals surface area contributed by atoms with E-state index in [0.29, 0.717) is 23.0 Å². The summed E-state index contributed by atoms with van der Waals surface area (Å²) in [7, 11) is 1.54. The number of pyridine rings is 2. The molecular formula is C13H12ClN3O2. The summed E-state index contributed by atoms with van der Waals surface area (Å²) < 4.78 is 5.01. The molecule has 2 aromatic rings. The van der Waals surface area contributed by atoms with Gasteiger partial charge in [0.25, 0.3) is 5.91 Å². The Balaban J connectivity index is 2.02. The van der Waals surface area contributed by atoms with Gasteiger partial charge in [-0.05, 0) is 17.7 Å². The predicted octanol–water partition coefficient (Wildman–Crippen LogP) is 2.07. The van der Waals surface area contributed by atoms with Crippen molar-refractivity contribution in [1.29, 1.82) is 0 Å². The molecule has 0 aromatic carbocycles. The van der Waals surface area contributed by atoms with Gasteiger partial charge in [0.05, 0.1) is 17.7 Å². The highest BCUT2D eigenvalue weighted by Gasteiger charge is 2.09. The molecule has 0 fully saturated rings. The molecule has 6 heteroatoms. The van der Waals surface area contributed by atoms with Gasteiger partial charge in [0.2, 0.25) is 5.88 Å². The molecule has 2 heterocycles. The summed E-state index contributed by atoms with van der Waals surface area (Å²) in [6.07, 6.45) is 4.59. The molecule has 2 rings (SSSR count). The molecule has 1 N–H and O–H groups in total. The molecule has 0 saturated carbocycles. The molecule has 0 saturated heterocycles. The standard InChI is InChI=1S/C13H12ClN3O2/c1-19-12-6-9(2-5-16-12)7-17-13(18)10-3-4-15-8-11(10)14/h2-6,8H,7H2,1H3,(H,17,18). The molecule has 5 nitrogen and oxygen atoms in total. The van der Waals surface area contributed by atoms with Crippen LogP contribution in [0.3, 0.4) is 0 Å².